The number of rotatable bonds is 3. The molecule has 6 nitrogen and oxygen atoms in total. The second-order valence-corrected chi connectivity index (χ2v) is 2.65. The van der Waals surface area contributed by atoms with E-state index in [-0.39, 0.29) is 5.76 Å². The van der Waals surface area contributed by atoms with Crippen LogP contribution >= 0.6 is 0 Å². The number of hydrogen-bond donors (Lipinski definition) is 2. The molecule has 76 valence electrons. The summed E-state index contributed by atoms with van der Waals surface area (Å²) in [6.07, 6.45) is 6.08. The minimum Gasteiger partial charge on any atom is -0.459 e. The van der Waals surface area contributed by atoms with Crippen molar-refractivity contribution in [2.45, 2.75) is 0 Å². The quantitative estimate of drug-likeness (QED) is 0.572. The summed E-state index contributed by atoms with van der Waals surface area (Å²) < 4.78 is 4.87. The molecule has 0 aliphatic carbocycles. The molecule has 2 aromatic heterocycles. The second-order valence-electron chi connectivity index (χ2n) is 2.65. The van der Waals surface area contributed by atoms with Gasteiger partial charge < -0.3 is 9.40 Å². The Morgan fingerprint density at radius 2 is 2.60 bits per heavy atom. The fraction of sp³-hybridized carbons (Fsp3) is 0. The Bertz CT molecular complexity index is 444. The third-order valence-corrected chi connectivity index (χ3v) is 1.62. The van der Waals surface area contributed by atoms with E-state index in [1.165, 1.54) is 12.5 Å². The number of carbonyl (C=O) groups excluding carboxylic acids is 1. The first kappa shape index (κ1) is 9.20. The molecule has 0 aromatic carbocycles. The van der Waals surface area contributed by atoms with Crippen LogP contribution in [0.25, 0.3) is 0 Å². The van der Waals surface area contributed by atoms with Crippen LogP contribution in [0.15, 0.2) is 40.3 Å². The highest BCUT2D eigenvalue weighted by molar-refractivity contribution is 5.91. The van der Waals surface area contributed by atoms with Crippen molar-refractivity contribution in [1.82, 2.24) is 15.4 Å². The van der Waals surface area contributed by atoms with Gasteiger partial charge in [0.05, 0.1) is 12.5 Å². The number of carbonyl (C=O) groups is 1. The van der Waals surface area contributed by atoms with Gasteiger partial charge in [-0.3, -0.25) is 4.79 Å². The molecular formula is C9H8N4O2. The van der Waals surface area contributed by atoms with Crippen molar-refractivity contribution in [2.24, 2.45) is 5.10 Å². The SMILES string of the molecule is O=C(N/N=C\c1ncc[nH]1)c1ccco1. The molecule has 2 N–H and O–H groups in total. The summed E-state index contributed by atoms with van der Waals surface area (Å²) in [6, 6.07) is 3.18. The minimum absolute atomic E-state index is 0.214. The van der Waals surface area contributed by atoms with E-state index < -0.39 is 5.91 Å². The van der Waals surface area contributed by atoms with Crippen LogP contribution in [-0.2, 0) is 0 Å². The van der Waals surface area contributed by atoms with Gasteiger partial charge in [-0.15, -0.1) is 0 Å². The number of H-pyrrole nitrogens is 1. The molecule has 15 heavy (non-hydrogen) atoms. The van der Waals surface area contributed by atoms with Gasteiger partial charge in [0.25, 0.3) is 0 Å². The molecule has 0 radical (unpaired) electrons. The van der Waals surface area contributed by atoms with Gasteiger partial charge in [-0.25, -0.2) is 10.4 Å². The maximum Gasteiger partial charge on any atom is 0.307 e. The number of nitrogens with one attached hydrogen (secondary N) is 2. The first-order valence-electron chi connectivity index (χ1n) is 4.22. The van der Waals surface area contributed by atoms with E-state index in [0.717, 1.165) is 0 Å². The van der Waals surface area contributed by atoms with Gasteiger partial charge >= 0.3 is 5.91 Å². The number of imidazole rings is 1. The molecule has 1 amide bonds. The van der Waals surface area contributed by atoms with E-state index in [4.69, 9.17) is 4.42 Å². The normalized spacial score (nSPS) is 10.7. The minimum atomic E-state index is -0.400. The lowest BCUT2D eigenvalue weighted by Gasteiger charge is -1.93. The van der Waals surface area contributed by atoms with E-state index in [1.54, 1.807) is 24.5 Å². The Morgan fingerprint density at radius 1 is 1.67 bits per heavy atom. The van der Waals surface area contributed by atoms with Gasteiger partial charge in [-0.05, 0) is 12.1 Å². The molecule has 0 saturated carbocycles. The fourth-order valence-electron chi connectivity index (χ4n) is 0.963. The fourth-order valence-corrected chi connectivity index (χ4v) is 0.963. The number of furan rings is 1. The highest BCUT2D eigenvalue weighted by atomic mass is 16.3. The maximum atomic E-state index is 11.3. The zero-order valence-corrected chi connectivity index (χ0v) is 7.68. The van der Waals surface area contributed by atoms with Crippen molar-refractivity contribution in [3.63, 3.8) is 0 Å². The van der Waals surface area contributed by atoms with E-state index in [9.17, 15) is 4.79 Å². The first-order chi connectivity index (χ1) is 7.36. The smallest absolute Gasteiger partial charge is 0.307 e. The van der Waals surface area contributed by atoms with Crippen LogP contribution in [0.1, 0.15) is 16.4 Å². The van der Waals surface area contributed by atoms with Crippen molar-refractivity contribution < 1.29 is 9.21 Å². The average molecular weight is 204 g/mol. The standard InChI is InChI=1S/C9H8N4O2/c14-9(7-2-1-5-15-7)13-12-6-8-10-3-4-11-8/h1-6H,(H,10,11)(H,13,14)/b12-6-. The van der Waals surface area contributed by atoms with Gasteiger partial charge in [-0.1, -0.05) is 0 Å². The van der Waals surface area contributed by atoms with Crippen molar-refractivity contribution in [2.75, 3.05) is 0 Å². The Kier molecular flexibility index (Phi) is 2.59. The highest BCUT2D eigenvalue weighted by Crippen LogP contribution is 1.98. The number of hydrogen-bond acceptors (Lipinski definition) is 4. The monoisotopic (exact) mass is 204 g/mol. The van der Waals surface area contributed by atoms with Crippen LogP contribution in [0.5, 0.6) is 0 Å². The molecule has 2 heterocycles. The zero-order valence-electron chi connectivity index (χ0n) is 7.68. The van der Waals surface area contributed by atoms with E-state index in [0.29, 0.717) is 5.82 Å². The predicted octanol–water partition coefficient (Wildman–Crippen LogP) is 0.767. The summed E-state index contributed by atoms with van der Waals surface area (Å²) in [5, 5.41) is 3.69. The van der Waals surface area contributed by atoms with Gasteiger partial charge in [-0.2, -0.15) is 5.10 Å². The lowest BCUT2D eigenvalue weighted by atomic mass is 10.4. The third kappa shape index (κ3) is 2.31. The molecule has 0 aliphatic rings. The molecule has 0 spiro atoms. The number of aromatic amines is 1. The molecule has 0 aliphatic heterocycles. The lowest BCUT2D eigenvalue weighted by Crippen LogP contribution is -2.16. The van der Waals surface area contributed by atoms with E-state index >= 15 is 0 Å². The van der Waals surface area contributed by atoms with E-state index in [1.807, 2.05) is 0 Å². The molecule has 0 saturated heterocycles. The van der Waals surface area contributed by atoms with E-state index in [2.05, 4.69) is 20.5 Å². The summed E-state index contributed by atoms with van der Waals surface area (Å²) in [4.78, 5) is 18.0. The second kappa shape index (κ2) is 4.23. The largest absolute Gasteiger partial charge is 0.459 e. The van der Waals surface area contributed by atoms with Gasteiger partial charge in [0.1, 0.15) is 5.82 Å². The van der Waals surface area contributed by atoms with Gasteiger partial charge in [0, 0.05) is 12.4 Å². The predicted molar refractivity (Wildman–Crippen MR) is 52.4 cm³/mol. The van der Waals surface area contributed by atoms with Crippen LogP contribution in [0, 0.1) is 0 Å². The van der Waals surface area contributed by atoms with Crippen LogP contribution in [-0.4, -0.2) is 22.1 Å². The van der Waals surface area contributed by atoms with Crippen LogP contribution in [0.2, 0.25) is 0 Å². The molecule has 0 bridgehead atoms. The summed E-state index contributed by atoms with van der Waals surface area (Å²) in [5.74, 6) is 0.379. The Balaban J connectivity index is 1.91. The summed E-state index contributed by atoms with van der Waals surface area (Å²) in [5.41, 5.74) is 2.30. The number of hydrazone groups is 1. The molecule has 0 unspecified atom stereocenters. The highest BCUT2D eigenvalue weighted by Gasteiger charge is 2.05. The third-order valence-electron chi connectivity index (χ3n) is 1.62. The van der Waals surface area contributed by atoms with Crippen LogP contribution < -0.4 is 5.43 Å². The zero-order chi connectivity index (χ0) is 10.5. The Hall–Kier alpha value is -2.37. The van der Waals surface area contributed by atoms with Crippen LogP contribution in [0.3, 0.4) is 0 Å². The average Bonchev–Trinajstić information content (AvgIpc) is 2.90. The molecular weight excluding hydrogens is 196 g/mol. The number of nitrogens with zero attached hydrogens (tertiary/aromatic N) is 2. The van der Waals surface area contributed by atoms with Crippen LogP contribution in [0.4, 0.5) is 0 Å². The van der Waals surface area contributed by atoms with Crippen molar-refractivity contribution in [3.05, 3.63) is 42.4 Å². The van der Waals surface area contributed by atoms with Crippen molar-refractivity contribution in [3.8, 4) is 0 Å². The number of aromatic nitrogens is 2. The van der Waals surface area contributed by atoms with Gasteiger partial charge in [0.15, 0.2) is 5.76 Å². The summed E-state index contributed by atoms with van der Waals surface area (Å²) >= 11 is 0. The Morgan fingerprint density at radius 3 is 3.27 bits per heavy atom. The van der Waals surface area contributed by atoms with Gasteiger partial charge in [0.2, 0.25) is 0 Å². The lowest BCUT2D eigenvalue weighted by molar-refractivity contribution is 0.0927. The Labute approximate surface area is 85.0 Å². The summed E-state index contributed by atoms with van der Waals surface area (Å²) in [7, 11) is 0. The topological polar surface area (TPSA) is 83.3 Å². The van der Waals surface area contributed by atoms with Crippen molar-refractivity contribution in [1.29, 1.82) is 0 Å². The molecule has 0 atom stereocenters. The van der Waals surface area contributed by atoms with Crippen molar-refractivity contribution >= 4 is 12.1 Å². The first-order valence-corrected chi connectivity index (χ1v) is 4.22. The molecule has 0 fully saturated rings. The molecule has 2 rings (SSSR count). The molecule has 2 aromatic rings. The number of amides is 1. The summed E-state index contributed by atoms with van der Waals surface area (Å²) in [6.45, 7) is 0. The maximum absolute atomic E-state index is 11.3. The molecule has 6 heteroatoms.